The molecular formula is C77H106N6O16. The maximum absolute atomic E-state index is 13.0. The Hall–Kier alpha value is -10.1. The topological polar surface area (TPSA) is 319 Å². The third-order valence-electron chi connectivity index (χ3n) is 13.7. The average molecular weight is 1370 g/mol. The predicted molar refractivity (Wildman–Crippen MR) is 386 cm³/mol. The van der Waals surface area contributed by atoms with Crippen LogP contribution in [0.25, 0.3) is 0 Å². The largest absolute Gasteiger partial charge is 0.508 e. The Morgan fingerprint density at radius 3 is 1.04 bits per heavy atom. The van der Waals surface area contributed by atoms with E-state index in [1.54, 1.807) is 101 Å². The number of aryl methyl sites for hydroxylation is 7. The fraction of sp³-hybridized carbons (Fsp3) is 0.429. The average Bonchev–Trinajstić information content (AvgIpc) is 0.865. The van der Waals surface area contributed by atoms with Crippen molar-refractivity contribution in [3.8, 4) is 5.75 Å². The number of hydrogen-bond donors (Lipinski definition) is 8. The van der Waals surface area contributed by atoms with Gasteiger partial charge in [0.15, 0.2) is 0 Å². The van der Waals surface area contributed by atoms with Gasteiger partial charge >= 0.3 is 42.3 Å². The number of methoxy groups -OCH3 is 2. The number of carbonyl (C=O) groups is 8. The minimum absolute atomic E-state index is 0.0531. The van der Waals surface area contributed by atoms with Gasteiger partial charge in [0.1, 0.15) is 52.3 Å². The Balaban J connectivity index is 0.000000433. The van der Waals surface area contributed by atoms with Crippen molar-refractivity contribution in [2.24, 2.45) is 0 Å². The van der Waals surface area contributed by atoms with Crippen LogP contribution >= 0.6 is 0 Å². The Morgan fingerprint density at radius 2 is 0.707 bits per heavy atom. The van der Waals surface area contributed by atoms with Crippen LogP contribution in [0.1, 0.15) is 144 Å². The van der Waals surface area contributed by atoms with Crippen LogP contribution in [-0.2, 0) is 73.3 Å². The van der Waals surface area contributed by atoms with Gasteiger partial charge in [0.2, 0.25) is 5.91 Å². The van der Waals surface area contributed by atoms with Crippen molar-refractivity contribution < 1.29 is 77.0 Å². The van der Waals surface area contributed by atoms with E-state index < -0.39 is 88.9 Å². The number of carboxylic acid groups (broad SMARTS) is 1. The Labute approximate surface area is 584 Å². The maximum Gasteiger partial charge on any atom is 0.408 e. The summed E-state index contributed by atoms with van der Waals surface area (Å²) in [5.74, 6) is -2.41. The lowest BCUT2D eigenvalue weighted by molar-refractivity contribution is -0.143. The number of nitrogen functional groups attached to an aromatic ring is 1. The van der Waals surface area contributed by atoms with Crippen LogP contribution in [0.2, 0.25) is 0 Å². The van der Waals surface area contributed by atoms with Crippen LogP contribution in [-0.4, -0.2) is 119 Å². The quantitative estimate of drug-likeness (QED) is 0.0239. The third-order valence-corrected chi connectivity index (χ3v) is 13.7. The van der Waals surface area contributed by atoms with Crippen LogP contribution in [0.15, 0.2) is 133 Å². The first-order valence-electron chi connectivity index (χ1n) is 32.4. The molecule has 0 saturated heterocycles. The van der Waals surface area contributed by atoms with Crippen molar-refractivity contribution >= 4 is 59.6 Å². The summed E-state index contributed by atoms with van der Waals surface area (Å²) in [6, 6.07) is 38.0. The van der Waals surface area contributed by atoms with Gasteiger partial charge in [-0.3, -0.25) is 4.79 Å². The van der Waals surface area contributed by atoms with Crippen LogP contribution in [0.5, 0.6) is 5.75 Å². The molecule has 0 spiro atoms. The molecule has 0 radical (unpaired) electrons. The highest BCUT2D eigenvalue weighted by Crippen LogP contribution is 2.22. The zero-order valence-electron chi connectivity index (χ0n) is 61.5. The molecule has 4 unspecified atom stereocenters. The van der Waals surface area contributed by atoms with E-state index >= 15 is 0 Å². The van der Waals surface area contributed by atoms with E-state index in [4.69, 9.17) is 29.4 Å². The monoisotopic (exact) mass is 1370 g/mol. The molecule has 5 amide bonds. The summed E-state index contributed by atoms with van der Waals surface area (Å²) >= 11 is 0. The van der Waals surface area contributed by atoms with Gasteiger partial charge in [0.05, 0.1) is 14.2 Å². The van der Waals surface area contributed by atoms with E-state index in [0.29, 0.717) is 18.4 Å². The number of benzene rings is 6. The molecule has 6 aromatic carbocycles. The number of phenolic OH excluding ortho intramolecular Hbond substituents is 1. The highest BCUT2D eigenvalue weighted by atomic mass is 16.6. The fourth-order valence-electron chi connectivity index (χ4n) is 9.06. The second-order valence-corrected chi connectivity index (χ2v) is 27.6. The first-order chi connectivity index (χ1) is 45.9. The van der Waals surface area contributed by atoms with Crippen LogP contribution in [0, 0.1) is 48.5 Å². The lowest BCUT2D eigenvalue weighted by Gasteiger charge is -2.24. The molecule has 9 N–H and O–H groups in total. The number of alkyl carbamates (subject to hydrolysis) is 4. The Morgan fingerprint density at radius 1 is 0.394 bits per heavy atom. The zero-order chi connectivity index (χ0) is 75.2. The molecule has 0 aliphatic heterocycles. The Bertz CT molecular complexity index is 3490. The van der Waals surface area contributed by atoms with Crippen LogP contribution < -0.4 is 32.3 Å². The number of carbonyl (C=O) groups excluding carboxylic acids is 7. The number of para-hydroxylation sites is 1. The molecular weight excluding hydrogens is 1260 g/mol. The molecule has 6 rings (SSSR count). The molecule has 0 aliphatic rings. The number of nitrogens with two attached hydrogens (primary N) is 1. The highest BCUT2D eigenvalue weighted by Gasteiger charge is 2.30. The van der Waals surface area contributed by atoms with Crippen molar-refractivity contribution in [3.05, 3.63) is 195 Å². The number of esters is 2. The molecule has 22 nitrogen and oxygen atoms in total. The molecule has 0 bridgehead atoms. The normalized spacial score (nSPS) is 12.1. The van der Waals surface area contributed by atoms with E-state index in [0.717, 1.165) is 55.9 Å². The van der Waals surface area contributed by atoms with E-state index in [2.05, 4.69) is 37.4 Å². The number of phenols is 1. The van der Waals surface area contributed by atoms with E-state index in [-0.39, 0.29) is 24.5 Å². The molecule has 0 fully saturated rings. The standard InChI is InChI=1S/C23H30N2O3.C16H23NO4.C15H21NO5.C15H21NO4.C8H11N/c1-15-11-12-17(3)19(13-15)24-21(26)20(25-22(27)28-23(4,5)6)14-18-10-8-7-9-16(18)2;1-11-8-6-7-9-12(11)10-13(14(18)20-5)17-15(19)21-16(2,3)4;1-15(2,3)21-14(19)16-11(13(18)20-4)9-10-7-5-6-8-12(10)17;1-10-7-5-6-8-11(10)9-12(13(17)18)16-14(19)20-15(2,3)4;1-6-3-7(2)5-8(9)4-6/h7-13,20H,14H2,1-6H3,(H,24,26)(H,25,27);6-9,13H,10H2,1-5H3,(H,17,19);5-8,11,17H,9H2,1-4H3,(H,16,19);5-8,12H,9H2,1-4H3,(H,16,19)(H,17,18);3-5H,9H2,1-2H3. The van der Waals surface area contributed by atoms with Gasteiger partial charge in [-0.1, -0.05) is 109 Å². The first kappa shape index (κ1) is 85.0. The Kier molecular flexibility index (Phi) is 34.3. The zero-order valence-corrected chi connectivity index (χ0v) is 61.5. The summed E-state index contributed by atoms with van der Waals surface area (Å²) in [6.45, 7) is 34.9. The van der Waals surface area contributed by atoms with Gasteiger partial charge in [-0.25, -0.2) is 33.6 Å². The SMILES string of the molecule is COC(=O)C(Cc1ccccc1C)NC(=O)OC(C)(C)C.COC(=O)C(Cc1ccccc1O)NC(=O)OC(C)(C)C.Cc1cc(C)cc(N)c1.Cc1ccc(C)c(NC(=O)C(Cc2ccccc2C)NC(=O)OC(C)(C)C)c1.Cc1ccccc1CC(NC(=O)OC(C)(C)C)C(=O)O. The van der Waals surface area contributed by atoms with Gasteiger partial charge in [-0.05, 0) is 217 Å². The van der Waals surface area contributed by atoms with Crippen molar-refractivity contribution in [3.63, 3.8) is 0 Å². The summed E-state index contributed by atoms with van der Waals surface area (Å²) in [7, 11) is 2.53. The van der Waals surface area contributed by atoms with Crippen molar-refractivity contribution in [1.29, 1.82) is 0 Å². The number of anilines is 2. The third kappa shape index (κ3) is 35.6. The summed E-state index contributed by atoms with van der Waals surface area (Å²) in [4.78, 5) is 95.4. The molecule has 0 heterocycles. The summed E-state index contributed by atoms with van der Waals surface area (Å²) < 4.78 is 30.1. The molecule has 22 heteroatoms. The molecule has 99 heavy (non-hydrogen) atoms. The number of amides is 5. The smallest absolute Gasteiger partial charge is 0.408 e. The number of aromatic hydroxyl groups is 1. The maximum atomic E-state index is 13.0. The molecule has 0 saturated carbocycles. The van der Waals surface area contributed by atoms with Gasteiger partial charge in [0, 0.05) is 37.1 Å². The van der Waals surface area contributed by atoms with E-state index in [1.807, 2.05) is 152 Å². The fourth-order valence-corrected chi connectivity index (χ4v) is 9.06. The number of carboxylic acids is 1. The lowest BCUT2D eigenvalue weighted by Crippen LogP contribution is -2.47. The number of ether oxygens (including phenoxy) is 6. The summed E-state index contributed by atoms with van der Waals surface area (Å²) in [5.41, 5.74) is 15.6. The minimum Gasteiger partial charge on any atom is -0.508 e. The predicted octanol–water partition coefficient (Wildman–Crippen LogP) is 13.7. The van der Waals surface area contributed by atoms with Crippen LogP contribution in [0.4, 0.5) is 30.6 Å². The van der Waals surface area contributed by atoms with Crippen molar-refractivity contribution in [2.45, 2.75) is 204 Å². The van der Waals surface area contributed by atoms with Gasteiger partial charge in [0.25, 0.3) is 0 Å². The molecule has 540 valence electrons. The van der Waals surface area contributed by atoms with Crippen molar-refractivity contribution in [2.75, 3.05) is 25.3 Å². The summed E-state index contributed by atoms with van der Waals surface area (Å²) in [6.07, 6.45) is -1.61. The van der Waals surface area contributed by atoms with E-state index in [9.17, 15) is 48.6 Å². The van der Waals surface area contributed by atoms with Gasteiger partial charge < -0.3 is 71.0 Å². The molecule has 0 aromatic heterocycles. The second-order valence-electron chi connectivity index (χ2n) is 27.6. The number of hydrogen-bond acceptors (Lipinski definition) is 16. The lowest BCUT2D eigenvalue weighted by atomic mass is 10.0. The number of rotatable bonds is 17. The number of aliphatic carboxylic acids is 1. The second kappa shape index (κ2) is 39.9. The highest BCUT2D eigenvalue weighted by molar-refractivity contribution is 5.97. The molecule has 6 aromatic rings. The van der Waals surface area contributed by atoms with E-state index in [1.165, 1.54) is 31.4 Å². The van der Waals surface area contributed by atoms with Crippen LogP contribution in [0.3, 0.4) is 0 Å². The van der Waals surface area contributed by atoms with Crippen molar-refractivity contribution in [1.82, 2.24) is 21.3 Å². The number of nitrogens with one attached hydrogen (secondary N) is 5. The molecule has 0 aliphatic carbocycles. The summed E-state index contributed by atoms with van der Waals surface area (Å²) in [5, 5.41) is 32.0. The van der Waals surface area contributed by atoms with Gasteiger partial charge in [-0.15, -0.1) is 0 Å². The van der Waals surface area contributed by atoms with Gasteiger partial charge in [-0.2, -0.15) is 0 Å². The first-order valence-corrected chi connectivity index (χ1v) is 32.4. The molecule has 4 atom stereocenters. The minimum atomic E-state index is -1.08.